The monoisotopic (exact) mass is 446 g/mol. The van der Waals surface area contributed by atoms with Gasteiger partial charge < -0.3 is 14.6 Å². The van der Waals surface area contributed by atoms with Crippen LogP contribution in [0.2, 0.25) is 5.02 Å². The van der Waals surface area contributed by atoms with Crippen molar-refractivity contribution in [3.8, 4) is 5.75 Å². The van der Waals surface area contributed by atoms with Crippen LogP contribution in [0.5, 0.6) is 5.75 Å². The molecule has 0 saturated heterocycles. The number of hydrogen-bond donors (Lipinski definition) is 1. The number of ether oxygens (including phenoxy) is 1. The molecule has 1 amide bonds. The van der Waals surface area contributed by atoms with Crippen molar-refractivity contribution in [2.24, 2.45) is 0 Å². The Kier molecular flexibility index (Phi) is 6.05. The highest BCUT2D eigenvalue weighted by Gasteiger charge is 2.17. The molecule has 7 heteroatoms. The van der Waals surface area contributed by atoms with Gasteiger partial charge in [0.25, 0.3) is 5.56 Å². The minimum atomic E-state index is -0.440. The van der Waals surface area contributed by atoms with Crippen LogP contribution < -0.4 is 15.6 Å². The molecule has 0 fully saturated rings. The lowest BCUT2D eigenvalue weighted by Gasteiger charge is -2.12. The van der Waals surface area contributed by atoms with Gasteiger partial charge >= 0.3 is 0 Å². The molecule has 0 aliphatic carbocycles. The Morgan fingerprint density at radius 2 is 1.78 bits per heavy atom. The largest absolute Gasteiger partial charge is 0.497 e. The average molecular weight is 447 g/mol. The second kappa shape index (κ2) is 9.08. The molecule has 32 heavy (non-hydrogen) atoms. The standard InChI is InChI=1S/C25H19ClN2O4/c1-32-19-8-9-20-17(13-19)11-12-28(25(20)31)15-23(29)27-22-10-7-18(26)14-21(22)24(30)16-5-3-2-4-6-16/h2-14H,15H2,1H3,(H,27,29). The van der Waals surface area contributed by atoms with Crippen molar-refractivity contribution in [1.29, 1.82) is 0 Å². The van der Waals surface area contributed by atoms with E-state index in [9.17, 15) is 14.4 Å². The highest BCUT2D eigenvalue weighted by Crippen LogP contribution is 2.24. The number of carbonyl (C=O) groups is 2. The zero-order valence-electron chi connectivity index (χ0n) is 17.2. The van der Waals surface area contributed by atoms with Crippen molar-refractivity contribution in [2.75, 3.05) is 12.4 Å². The van der Waals surface area contributed by atoms with Gasteiger partial charge in [0.15, 0.2) is 5.78 Å². The Hall–Kier alpha value is -3.90. The molecule has 0 radical (unpaired) electrons. The van der Waals surface area contributed by atoms with E-state index in [-0.39, 0.29) is 23.5 Å². The van der Waals surface area contributed by atoms with Crippen molar-refractivity contribution < 1.29 is 14.3 Å². The Balaban J connectivity index is 1.59. The molecule has 1 aromatic heterocycles. The summed E-state index contributed by atoms with van der Waals surface area (Å²) < 4.78 is 6.50. The fourth-order valence-electron chi connectivity index (χ4n) is 3.42. The number of fused-ring (bicyclic) bond motifs is 1. The van der Waals surface area contributed by atoms with Crippen molar-refractivity contribution in [3.63, 3.8) is 0 Å². The van der Waals surface area contributed by atoms with Gasteiger partial charge in [-0.05, 0) is 47.9 Å². The molecule has 0 atom stereocenters. The van der Waals surface area contributed by atoms with E-state index in [1.54, 1.807) is 74.0 Å². The Bertz CT molecular complexity index is 1380. The van der Waals surface area contributed by atoms with Gasteiger partial charge in [0.05, 0.1) is 12.8 Å². The molecular formula is C25H19ClN2O4. The number of benzene rings is 3. The van der Waals surface area contributed by atoms with E-state index >= 15 is 0 Å². The van der Waals surface area contributed by atoms with Crippen LogP contribution in [0.4, 0.5) is 5.69 Å². The zero-order valence-corrected chi connectivity index (χ0v) is 17.9. The van der Waals surface area contributed by atoms with E-state index in [1.807, 2.05) is 6.07 Å². The van der Waals surface area contributed by atoms with E-state index in [1.165, 1.54) is 10.6 Å². The van der Waals surface area contributed by atoms with Crippen molar-refractivity contribution >= 4 is 39.8 Å². The molecule has 0 saturated carbocycles. The van der Waals surface area contributed by atoms with Gasteiger partial charge in [0.1, 0.15) is 12.3 Å². The molecule has 0 aliphatic heterocycles. The maximum Gasteiger partial charge on any atom is 0.258 e. The van der Waals surface area contributed by atoms with Crippen molar-refractivity contribution in [3.05, 3.63) is 105 Å². The average Bonchev–Trinajstić information content (AvgIpc) is 2.82. The third-order valence-corrected chi connectivity index (χ3v) is 5.27. The molecular weight excluding hydrogens is 428 g/mol. The minimum Gasteiger partial charge on any atom is -0.497 e. The van der Waals surface area contributed by atoms with E-state index in [2.05, 4.69) is 5.32 Å². The van der Waals surface area contributed by atoms with Gasteiger partial charge in [0.2, 0.25) is 5.91 Å². The first-order valence-electron chi connectivity index (χ1n) is 9.82. The van der Waals surface area contributed by atoms with Crippen LogP contribution in [0.15, 0.2) is 83.8 Å². The second-order valence-electron chi connectivity index (χ2n) is 7.14. The number of methoxy groups -OCH3 is 1. The molecule has 4 rings (SSSR count). The summed E-state index contributed by atoms with van der Waals surface area (Å²) in [5.41, 5.74) is 0.783. The van der Waals surface area contributed by atoms with Gasteiger partial charge in [-0.1, -0.05) is 41.9 Å². The summed E-state index contributed by atoms with van der Waals surface area (Å²) in [5.74, 6) is -0.0599. The molecule has 3 aromatic carbocycles. The van der Waals surface area contributed by atoms with Gasteiger partial charge in [-0.15, -0.1) is 0 Å². The number of amides is 1. The second-order valence-corrected chi connectivity index (χ2v) is 7.57. The Morgan fingerprint density at radius 3 is 2.53 bits per heavy atom. The third kappa shape index (κ3) is 4.40. The molecule has 0 aliphatic rings. The van der Waals surface area contributed by atoms with Crippen molar-refractivity contribution in [2.45, 2.75) is 6.54 Å². The summed E-state index contributed by atoms with van der Waals surface area (Å²) in [6.07, 6.45) is 1.56. The fourth-order valence-corrected chi connectivity index (χ4v) is 3.59. The number of nitrogens with zero attached hydrogens (tertiary/aromatic N) is 1. The highest BCUT2D eigenvalue weighted by molar-refractivity contribution is 6.31. The van der Waals surface area contributed by atoms with Crippen LogP contribution in [0.3, 0.4) is 0 Å². The van der Waals surface area contributed by atoms with Crippen LogP contribution in [-0.2, 0) is 11.3 Å². The molecule has 1 N–H and O–H groups in total. The third-order valence-electron chi connectivity index (χ3n) is 5.03. The number of ketones is 1. The van der Waals surface area contributed by atoms with Crippen LogP contribution in [0.25, 0.3) is 10.8 Å². The van der Waals surface area contributed by atoms with Crippen molar-refractivity contribution in [1.82, 2.24) is 4.57 Å². The molecule has 0 unspecified atom stereocenters. The van der Waals surface area contributed by atoms with E-state index in [4.69, 9.17) is 16.3 Å². The number of halogens is 1. The summed E-state index contributed by atoms with van der Waals surface area (Å²) in [7, 11) is 1.56. The molecule has 1 heterocycles. The van der Waals surface area contributed by atoms with E-state index in [0.29, 0.717) is 27.4 Å². The van der Waals surface area contributed by atoms with Crippen LogP contribution in [0, 0.1) is 0 Å². The predicted molar refractivity (Wildman–Crippen MR) is 125 cm³/mol. The molecule has 4 aromatic rings. The molecule has 6 nitrogen and oxygen atoms in total. The summed E-state index contributed by atoms with van der Waals surface area (Å²) in [4.78, 5) is 38.5. The first kappa shape index (κ1) is 21.3. The number of nitrogens with one attached hydrogen (secondary N) is 1. The number of pyridine rings is 1. The van der Waals surface area contributed by atoms with Gasteiger partial charge in [0, 0.05) is 27.7 Å². The number of aromatic nitrogens is 1. The van der Waals surface area contributed by atoms with Gasteiger partial charge in [-0.25, -0.2) is 0 Å². The first-order valence-corrected chi connectivity index (χ1v) is 10.2. The number of hydrogen-bond acceptors (Lipinski definition) is 4. The number of carbonyl (C=O) groups excluding carboxylic acids is 2. The smallest absolute Gasteiger partial charge is 0.258 e. The van der Waals surface area contributed by atoms with Crippen LogP contribution in [-0.4, -0.2) is 23.4 Å². The summed E-state index contributed by atoms with van der Waals surface area (Å²) in [5, 5.41) is 4.31. The minimum absolute atomic E-state index is 0.206. The molecule has 0 bridgehead atoms. The van der Waals surface area contributed by atoms with E-state index in [0.717, 1.165) is 5.39 Å². The van der Waals surface area contributed by atoms with Gasteiger partial charge in [-0.3, -0.25) is 14.4 Å². The molecule has 0 spiro atoms. The number of rotatable bonds is 6. The number of anilines is 1. The summed E-state index contributed by atoms with van der Waals surface area (Å²) in [6, 6.07) is 20.3. The summed E-state index contributed by atoms with van der Waals surface area (Å²) >= 11 is 6.09. The lowest BCUT2D eigenvalue weighted by atomic mass is 10.0. The Morgan fingerprint density at radius 1 is 1.00 bits per heavy atom. The van der Waals surface area contributed by atoms with Crippen LogP contribution in [0.1, 0.15) is 15.9 Å². The predicted octanol–water partition coefficient (Wildman–Crippen LogP) is 4.53. The normalized spacial score (nSPS) is 10.7. The first-order chi connectivity index (χ1) is 15.5. The van der Waals surface area contributed by atoms with E-state index < -0.39 is 5.91 Å². The quantitative estimate of drug-likeness (QED) is 0.441. The molecule has 160 valence electrons. The topological polar surface area (TPSA) is 77.4 Å². The maximum atomic E-state index is 12.9. The lowest BCUT2D eigenvalue weighted by Crippen LogP contribution is -2.27. The van der Waals surface area contributed by atoms with Crippen LogP contribution >= 0.6 is 11.6 Å². The van der Waals surface area contributed by atoms with Gasteiger partial charge in [-0.2, -0.15) is 0 Å². The zero-order chi connectivity index (χ0) is 22.7. The summed E-state index contributed by atoms with van der Waals surface area (Å²) in [6.45, 7) is -0.206. The lowest BCUT2D eigenvalue weighted by molar-refractivity contribution is -0.116. The highest BCUT2D eigenvalue weighted by atomic mass is 35.5. The maximum absolute atomic E-state index is 12.9. The Labute approximate surface area is 189 Å². The fraction of sp³-hybridized carbons (Fsp3) is 0.0800. The SMILES string of the molecule is COc1ccc2c(=O)n(CC(=O)Nc3ccc(Cl)cc3C(=O)c3ccccc3)ccc2c1.